The molecule has 0 aliphatic heterocycles. The van der Waals surface area contributed by atoms with E-state index in [1.54, 1.807) is 11.3 Å². The molecule has 0 aliphatic carbocycles. The van der Waals surface area contributed by atoms with Crippen molar-refractivity contribution in [2.45, 2.75) is 19.4 Å². The highest BCUT2D eigenvalue weighted by Crippen LogP contribution is 2.26. The fourth-order valence-corrected chi connectivity index (χ4v) is 2.87. The van der Waals surface area contributed by atoms with Crippen LogP contribution in [0, 0.1) is 6.92 Å². The van der Waals surface area contributed by atoms with Crippen LogP contribution in [0.1, 0.15) is 22.2 Å². The number of likely N-dealkylation sites (N-methyl/N-ethyl adjacent to an activating group) is 1. The molecule has 0 saturated carbocycles. The number of aromatic nitrogens is 1. The third-order valence-corrected chi connectivity index (χ3v) is 3.97. The molecule has 0 spiro atoms. The molecule has 0 saturated heterocycles. The maximum absolute atomic E-state index is 5.94. The van der Waals surface area contributed by atoms with Crippen LogP contribution < -0.4 is 5.32 Å². The van der Waals surface area contributed by atoms with Crippen LogP contribution in [0.25, 0.3) is 0 Å². The van der Waals surface area contributed by atoms with E-state index in [0.29, 0.717) is 0 Å². The molecule has 2 nitrogen and oxygen atoms in total. The van der Waals surface area contributed by atoms with Gasteiger partial charge in [-0.3, -0.25) is 4.98 Å². The van der Waals surface area contributed by atoms with E-state index < -0.39 is 0 Å². The minimum atomic E-state index is 0.290. The van der Waals surface area contributed by atoms with Crippen molar-refractivity contribution in [3.05, 3.63) is 50.9 Å². The second-order valence-corrected chi connectivity index (χ2v) is 5.78. The summed E-state index contributed by atoms with van der Waals surface area (Å²) in [5.41, 5.74) is 2.25. The number of hydrogen-bond donors (Lipinski definition) is 1. The third-order valence-electron chi connectivity index (χ3n) is 2.72. The first kappa shape index (κ1) is 12.6. The van der Waals surface area contributed by atoms with Gasteiger partial charge in [0.05, 0.1) is 4.34 Å². The van der Waals surface area contributed by atoms with Gasteiger partial charge in [-0.2, -0.15) is 0 Å². The van der Waals surface area contributed by atoms with E-state index in [9.17, 15) is 0 Å². The summed E-state index contributed by atoms with van der Waals surface area (Å²) in [5.74, 6) is 0. The zero-order valence-electron chi connectivity index (χ0n) is 9.90. The molecule has 2 heterocycles. The highest BCUT2D eigenvalue weighted by Gasteiger charge is 2.11. The Morgan fingerprint density at radius 3 is 2.71 bits per heavy atom. The van der Waals surface area contributed by atoms with Crippen molar-refractivity contribution >= 4 is 22.9 Å². The van der Waals surface area contributed by atoms with Crippen LogP contribution in [0.3, 0.4) is 0 Å². The van der Waals surface area contributed by atoms with Crippen LogP contribution >= 0.6 is 22.9 Å². The number of halogens is 1. The Bertz CT molecular complexity index is 478. The van der Waals surface area contributed by atoms with Gasteiger partial charge in [-0.15, -0.1) is 11.3 Å². The summed E-state index contributed by atoms with van der Waals surface area (Å²) in [6.07, 6.45) is 2.88. The van der Waals surface area contributed by atoms with Gasteiger partial charge in [-0.25, -0.2) is 0 Å². The normalized spacial score (nSPS) is 12.6. The molecule has 0 fully saturated rings. The molecule has 1 atom stereocenters. The van der Waals surface area contributed by atoms with E-state index in [1.165, 1.54) is 10.4 Å². The van der Waals surface area contributed by atoms with Crippen LogP contribution in [-0.2, 0) is 6.42 Å². The van der Waals surface area contributed by atoms with E-state index in [2.05, 4.69) is 22.4 Å². The van der Waals surface area contributed by atoms with Crippen LogP contribution in [0.4, 0.5) is 0 Å². The molecule has 0 bridgehead atoms. The summed E-state index contributed by atoms with van der Waals surface area (Å²) < 4.78 is 0.844. The van der Waals surface area contributed by atoms with E-state index in [4.69, 9.17) is 11.6 Å². The van der Waals surface area contributed by atoms with E-state index in [1.807, 2.05) is 32.3 Å². The molecule has 1 unspecified atom stereocenters. The molecular weight excluding hydrogens is 252 g/mol. The van der Waals surface area contributed by atoms with Crippen molar-refractivity contribution in [1.82, 2.24) is 10.3 Å². The summed E-state index contributed by atoms with van der Waals surface area (Å²) in [6.45, 7) is 2.00. The Kier molecular flexibility index (Phi) is 4.15. The number of nitrogens with zero attached hydrogens (tertiary/aromatic N) is 1. The molecule has 0 aliphatic rings. The van der Waals surface area contributed by atoms with Gasteiger partial charge in [0, 0.05) is 29.2 Å². The van der Waals surface area contributed by atoms with Crippen molar-refractivity contribution in [1.29, 1.82) is 0 Å². The Labute approximate surface area is 111 Å². The van der Waals surface area contributed by atoms with Crippen molar-refractivity contribution in [3.63, 3.8) is 0 Å². The van der Waals surface area contributed by atoms with Crippen LogP contribution in [0.5, 0.6) is 0 Å². The number of pyridine rings is 1. The van der Waals surface area contributed by atoms with Crippen LogP contribution in [-0.4, -0.2) is 12.0 Å². The SMILES string of the molecule is CNC(Cc1ccc(Cl)s1)c1ccc(C)nc1. The fraction of sp³-hybridized carbons (Fsp3) is 0.308. The maximum Gasteiger partial charge on any atom is 0.0931 e. The third kappa shape index (κ3) is 3.28. The standard InChI is InChI=1S/C13H15ClN2S/c1-9-3-4-10(8-16-9)12(15-2)7-11-5-6-13(14)17-11/h3-6,8,12,15H,7H2,1-2H3. The topological polar surface area (TPSA) is 24.9 Å². The molecule has 2 aromatic rings. The zero-order chi connectivity index (χ0) is 12.3. The van der Waals surface area contributed by atoms with Crippen molar-refractivity contribution in [3.8, 4) is 0 Å². The summed E-state index contributed by atoms with van der Waals surface area (Å²) >= 11 is 7.57. The smallest absolute Gasteiger partial charge is 0.0931 e. The Morgan fingerprint density at radius 2 is 2.18 bits per heavy atom. The van der Waals surface area contributed by atoms with Gasteiger partial charge >= 0.3 is 0 Å². The number of rotatable bonds is 4. The van der Waals surface area contributed by atoms with Gasteiger partial charge in [0.1, 0.15) is 0 Å². The average Bonchev–Trinajstić information content (AvgIpc) is 2.73. The number of hydrogen-bond acceptors (Lipinski definition) is 3. The highest BCUT2D eigenvalue weighted by molar-refractivity contribution is 7.16. The predicted molar refractivity (Wildman–Crippen MR) is 73.8 cm³/mol. The lowest BCUT2D eigenvalue weighted by Gasteiger charge is -2.15. The second-order valence-electron chi connectivity index (χ2n) is 3.98. The first-order chi connectivity index (χ1) is 8.19. The Morgan fingerprint density at radius 1 is 1.35 bits per heavy atom. The first-order valence-electron chi connectivity index (χ1n) is 5.53. The molecule has 1 N–H and O–H groups in total. The molecule has 0 aromatic carbocycles. The zero-order valence-corrected chi connectivity index (χ0v) is 11.5. The van der Waals surface area contributed by atoms with E-state index in [-0.39, 0.29) is 6.04 Å². The van der Waals surface area contributed by atoms with Crippen molar-refractivity contribution < 1.29 is 0 Å². The summed E-state index contributed by atoms with van der Waals surface area (Å²) in [7, 11) is 1.97. The summed E-state index contributed by atoms with van der Waals surface area (Å²) in [4.78, 5) is 5.62. The van der Waals surface area contributed by atoms with Crippen molar-refractivity contribution in [2.75, 3.05) is 7.05 Å². The summed E-state index contributed by atoms with van der Waals surface area (Å²) in [5, 5.41) is 3.32. The Hall–Kier alpha value is -0.900. The van der Waals surface area contributed by atoms with Gasteiger partial charge < -0.3 is 5.32 Å². The number of thiophene rings is 1. The van der Waals surface area contributed by atoms with Gasteiger partial charge in [0.2, 0.25) is 0 Å². The van der Waals surface area contributed by atoms with Gasteiger partial charge in [-0.05, 0) is 37.7 Å². The van der Waals surface area contributed by atoms with Gasteiger partial charge in [0.25, 0.3) is 0 Å². The van der Waals surface area contributed by atoms with Crippen LogP contribution in [0.2, 0.25) is 4.34 Å². The minimum Gasteiger partial charge on any atom is -0.313 e. The molecule has 4 heteroatoms. The van der Waals surface area contributed by atoms with Crippen LogP contribution in [0.15, 0.2) is 30.5 Å². The lowest BCUT2D eigenvalue weighted by Crippen LogP contribution is -2.18. The first-order valence-corrected chi connectivity index (χ1v) is 6.72. The summed E-state index contributed by atoms with van der Waals surface area (Å²) in [6, 6.07) is 8.48. The molecule has 17 heavy (non-hydrogen) atoms. The molecule has 0 amide bonds. The van der Waals surface area contributed by atoms with Crippen molar-refractivity contribution in [2.24, 2.45) is 0 Å². The largest absolute Gasteiger partial charge is 0.313 e. The molecule has 2 rings (SSSR count). The van der Waals surface area contributed by atoms with E-state index >= 15 is 0 Å². The monoisotopic (exact) mass is 266 g/mol. The van der Waals surface area contributed by atoms with Gasteiger partial charge in [-0.1, -0.05) is 17.7 Å². The predicted octanol–water partition coefficient (Wildman–Crippen LogP) is 3.61. The number of nitrogens with one attached hydrogen (secondary N) is 1. The second kappa shape index (κ2) is 5.63. The molecule has 2 aromatic heterocycles. The highest BCUT2D eigenvalue weighted by atomic mass is 35.5. The molecule has 0 radical (unpaired) electrons. The molecule has 90 valence electrons. The quantitative estimate of drug-likeness (QED) is 0.915. The maximum atomic E-state index is 5.94. The lowest BCUT2D eigenvalue weighted by atomic mass is 10.0. The lowest BCUT2D eigenvalue weighted by molar-refractivity contribution is 0.594. The van der Waals surface area contributed by atoms with E-state index in [0.717, 1.165) is 16.5 Å². The minimum absolute atomic E-state index is 0.290. The average molecular weight is 267 g/mol. The Balaban J connectivity index is 2.13. The van der Waals surface area contributed by atoms with Gasteiger partial charge in [0.15, 0.2) is 0 Å². The fourth-order valence-electron chi connectivity index (χ4n) is 1.73. The number of aryl methyl sites for hydroxylation is 1. The molecular formula is C13H15ClN2S.